The van der Waals surface area contributed by atoms with E-state index in [0.29, 0.717) is 5.82 Å². The van der Waals surface area contributed by atoms with E-state index < -0.39 is 0 Å². The van der Waals surface area contributed by atoms with Gasteiger partial charge in [-0.1, -0.05) is 0 Å². The summed E-state index contributed by atoms with van der Waals surface area (Å²) in [6, 6.07) is 1.41. The highest BCUT2D eigenvalue weighted by atomic mass is 16.1. The number of nitrogens with zero attached hydrogens (tertiary/aromatic N) is 6. The smallest absolute Gasteiger partial charge is 0.253 e. The molecule has 0 fully saturated rings. The molecule has 3 aromatic rings. The summed E-state index contributed by atoms with van der Waals surface area (Å²) < 4.78 is 3.15. The lowest BCUT2D eigenvalue weighted by Gasteiger charge is -2.08. The first-order chi connectivity index (χ1) is 10.2. The van der Waals surface area contributed by atoms with Crippen LogP contribution in [0.5, 0.6) is 0 Å². The van der Waals surface area contributed by atoms with Crippen molar-refractivity contribution >= 4 is 16.9 Å². The second-order valence-corrected chi connectivity index (χ2v) is 4.57. The molecule has 0 amide bonds. The maximum atomic E-state index is 11.7. The molecule has 21 heavy (non-hydrogen) atoms. The lowest BCUT2D eigenvalue weighted by atomic mass is 10.3. The molecule has 0 aromatic carbocycles. The molecule has 0 atom stereocenters. The average molecular weight is 285 g/mol. The third kappa shape index (κ3) is 2.47. The SMILES string of the molecule is CCNc1nc(Cn2cnccc2=O)nc2c1cnn2C. The van der Waals surface area contributed by atoms with Gasteiger partial charge in [-0.3, -0.25) is 14.0 Å². The molecule has 8 nitrogen and oxygen atoms in total. The molecule has 3 rings (SSSR count). The zero-order chi connectivity index (χ0) is 14.8. The molecule has 0 radical (unpaired) electrons. The Hall–Kier alpha value is -2.77. The number of nitrogens with one attached hydrogen (secondary N) is 1. The van der Waals surface area contributed by atoms with Crippen molar-refractivity contribution in [2.75, 3.05) is 11.9 Å². The first-order valence-corrected chi connectivity index (χ1v) is 6.62. The number of hydrogen-bond donors (Lipinski definition) is 1. The normalized spacial score (nSPS) is 11.0. The van der Waals surface area contributed by atoms with Gasteiger partial charge in [-0.2, -0.15) is 5.10 Å². The van der Waals surface area contributed by atoms with Gasteiger partial charge in [0, 0.05) is 25.9 Å². The van der Waals surface area contributed by atoms with Gasteiger partial charge >= 0.3 is 0 Å². The van der Waals surface area contributed by atoms with E-state index in [0.717, 1.165) is 23.4 Å². The van der Waals surface area contributed by atoms with E-state index in [1.807, 2.05) is 14.0 Å². The summed E-state index contributed by atoms with van der Waals surface area (Å²) in [5, 5.41) is 8.26. The molecular formula is C13H15N7O. The van der Waals surface area contributed by atoms with Crippen LogP contribution in [0.4, 0.5) is 5.82 Å². The summed E-state index contributed by atoms with van der Waals surface area (Å²) >= 11 is 0. The quantitative estimate of drug-likeness (QED) is 0.746. The fourth-order valence-electron chi connectivity index (χ4n) is 2.09. The Kier molecular flexibility index (Phi) is 3.35. The van der Waals surface area contributed by atoms with Crippen LogP contribution in [-0.4, -0.2) is 35.8 Å². The molecule has 0 saturated heterocycles. The fraction of sp³-hybridized carbons (Fsp3) is 0.308. The van der Waals surface area contributed by atoms with Crippen molar-refractivity contribution in [2.24, 2.45) is 7.05 Å². The Morgan fingerprint density at radius 3 is 2.95 bits per heavy atom. The molecule has 0 aliphatic carbocycles. The number of fused-ring (bicyclic) bond motifs is 1. The molecule has 3 aromatic heterocycles. The first kappa shape index (κ1) is 13.2. The predicted molar refractivity (Wildman–Crippen MR) is 78.1 cm³/mol. The number of aromatic nitrogens is 6. The zero-order valence-corrected chi connectivity index (χ0v) is 11.8. The summed E-state index contributed by atoms with van der Waals surface area (Å²) in [5.74, 6) is 1.26. The molecule has 0 unspecified atom stereocenters. The van der Waals surface area contributed by atoms with Crippen LogP contribution < -0.4 is 10.9 Å². The van der Waals surface area contributed by atoms with Gasteiger partial charge in [-0.25, -0.2) is 15.0 Å². The van der Waals surface area contributed by atoms with E-state index in [1.165, 1.54) is 23.2 Å². The van der Waals surface area contributed by atoms with Gasteiger partial charge < -0.3 is 5.32 Å². The highest BCUT2D eigenvalue weighted by molar-refractivity contribution is 5.86. The molecule has 0 spiro atoms. The molecular weight excluding hydrogens is 270 g/mol. The monoisotopic (exact) mass is 285 g/mol. The highest BCUT2D eigenvalue weighted by Gasteiger charge is 2.11. The first-order valence-electron chi connectivity index (χ1n) is 6.62. The van der Waals surface area contributed by atoms with Crippen molar-refractivity contribution in [1.82, 2.24) is 29.3 Å². The van der Waals surface area contributed by atoms with Gasteiger partial charge in [0.1, 0.15) is 5.82 Å². The van der Waals surface area contributed by atoms with E-state index in [-0.39, 0.29) is 12.1 Å². The molecule has 8 heteroatoms. The van der Waals surface area contributed by atoms with Crippen molar-refractivity contribution in [2.45, 2.75) is 13.5 Å². The molecule has 0 bridgehead atoms. The fourth-order valence-corrected chi connectivity index (χ4v) is 2.09. The van der Waals surface area contributed by atoms with E-state index in [4.69, 9.17) is 0 Å². The van der Waals surface area contributed by atoms with Gasteiger partial charge in [-0.15, -0.1) is 0 Å². The number of aryl methyl sites for hydroxylation is 1. The van der Waals surface area contributed by atoms with Crippen LogP contribution >= 0.6 is 0 Å². The molecule has 3 heterocycles. The average Bonchev–Trinajstić information content (AvgIpc) is 2.84. The lowest BCUT2D eigenvalue weighted by Crippen LogP contribution is -2.21. The lowest BCUT2D eigenvalue weighted by molar-refractivity contribution is 0.695. The van der Waals surface area contributed by atoms with Gasteiger partial charge in [0.25, 0.3) is 5.56 Å². The molecule has 1 N–H and O–H groups in total. The van der Waals surface area contributed by atoms with Gasteiger partial charge in [0.05, 0.1) is 24.5 Å². The second-order valence-electron chi connectivity index (χ2n) is 4.57. The minimum Gasteiger partial charge on any atom is -0.370 e. The van der Waals surface area contributed by atoms with Crippen molar-refractivity contribution in [3.8, 4) is 0 Å². The highest BCUT2D eigenvalue weighted by Crippen LogP contribution is 2.19. The Labute approximate surface area is 120 Å². The molecule has 0 saturated carbocycles. The van der Waals surface area contributed by atoms with Crippen molar-refractivity contribution in [3.05, 3.63) is 41.0 Å². The third-order valence-electron chi connectivity index (χ3n) is 3.09. The Balaban J connectivity index is 2.08. The van der Waals surface area contributed by atoms with Crippen molar-refractivity contribution in [1.29, 1.82) is 0 Å². The van der Waals surface area contributed by atoms with E-state index >= 15 is 0 Å². The summed E-state index contributed by atoms with van der Waals surface area (Å²) in [4.78, 5) is 24.6. The largest absolute Gasteiger partial charge is 0.370 e. The van der Waals surface area contributed by atoms with Crippen LogP contribution in [0.3, 0.4) is 0 Å². The summed E-state index contributed by atoms with van der Waals surface area (Å²) in [6.07, 6.45) is 4.67. The molecule has 0 aliphatic rings. The summed E-state index contributed by atoms with van der Waals surface area (Å²) in [6.45, 7) is 3.01. The second kappa shape index (κ2) is 5.31. The number of anilines is 1. The topological polar surface area (TPSA) is 90.5 Å². The van der Waals surface area contributed by atoms with Crippen molar-refractivity contribution < 1.29 is 0 Å². The summed E-state index contributed by atoms with van der Waals surface area (Å²) in [7, 11) is 1.82. The maximum absolute atomic E-state index is 11.7. The minimum atomic E-state index is -0.135. The van der Waals surface area contributed by atoms with Crippen LogP contribution in [0.25, 0.3) is 11.0 Å². The number of rotatable bonds is 4. The van der Waals surface area contributed by atoms with Crippen LogP contribution in [0.1, 0.15) is 12.7 Å². The van der Waals surface area contributed by atoms with Gasteiger partial charge in [0.15, 0.2) is 11.5 Å². The minimum absolute atomic E-state index is 0.135. The van der Waals surface area contributed by atoms with E-state index in [1.54, 1.807) is 10.9 Å². The number of hydrogen-bond acceptors (Lipinski definition) is 6. The summed E-state index contributed by atoms with van der Waals surface area (Å²) in [5.41, 5.74) is 0.594. The van der Waals surface area contributed by atoms with Crippen LogP contribution in [0.2, 0.25) is 0 Å². The zero-order valence-electron chi connectivity index (χ0n) is 11.8. The van der Waals surface area contributed by atoms with Crippen LogP contribution in [0.15, 0.2) is 29.6 Å². The Morgan fingerprint density at radius 2 is 2.19 bits per heavy atom. The Bertz CT molecular complexity index is 836. The van der Waals surface area contributed by atoms with Crippen molar-refractivity contribution in [3.63, 3.8) is 0 Å². The van der Waals surface area contributed by atoms with Gasteiger partial charge in [0.2, 0.25) is 0 Å². The van der Waals surface area contributed by atoms with Gasteiger partial charge in [-0.05, 0) is 6.92 Å². The third-order valence-corrected chi connectivity index (χ3v) is 3.09. The van der Waals surface area contributed by atoms with Crippen LogP contribution in [0, 0.1) is 0 Å². The van der Waals surface area contributed by atoms with Crippen LogP contribution in [-0.2, 0) is 13.6 Å². The standard InChI is InChI=1S/C13H15N7O/c1-3-15-12-9-6-16-19(2)13(9)18-10(17-12)7-20-8-14-5-4-11(20)21/h4-6,8H,3,7H2,1-2H3,(H,15,17,18). The van der Waals surface area contributed by atoms with E-state index in [2.05, 4.69) is 25.4 Å². The predicted octanol–water partition coefficient (Wildman–Crippen LogP) is 0.400. The molecule has 108 valence electrons. The molecule has 0 aliphatic heterocycles. The maximum Gasteiger partial charge on any atom is 0.253 e. The Morgan fingerprint density at radius 1 is 1.33 bits per heavy atom. The van der Waals surface area contributed by atoms with E-state index in [9.17, 15) is 4.79 Å².